The highest BCUT2D eigenvalue weighted by atomic mass is 19.1. The third kappa shape index (κ3) is 4.19. The molecule has 0 fully saturated rings. The number of nitrogens with zero attached hydrogens (tertiary/aromatic N) is 1. The third-order valence-corrected chi connectivity index (χ3v) is 2.69. The van der Waals surface area contributed by atoms with E-state index in [0.717, 1.165) is 0 Å². The van der Waals surface area contributed by atoms with Crippen LogP contribution in [0.1, 0.15) is 21.5 Å². The molecule has 0 aliphatic heterocycles. The molecule has 1 amide bonds. The van der Waals surface area contributed by atoms with Crippen LogP contribution in [0.3, 0.4) is 0 Å². The van der Waals surface area contributed by atoms with E-state index in [1.54, 1.807) is 36.4 Å². The second-order valence-electron chi connectivity index (χ2n) is 4.18. The molecule has 0 aliphatic carbocycles. The molecule has 0 unspecified atom stereocenters. The Labute approximate surface area is 122 Å². The predicted octanol–water partition coefficient (Wildman–Crippen LogP) is 2.48. The van der Waals surface area contributed by atoms with Crippen molar-refractivity contribution in [3.8, 4) is 17.9 Å². The highest BCUT2D eigenvalue weighted by molar-refractivity contribution is 5.94. The van der Waals surface area contributed by atoms with Crippen LogP contribution < -0.4 is 5.32 Å². The predicted molar refractivity (Wildman–Crippen MR) is 76.8 cm³/mol. The van der Waals surface area contributed by atoms with Gasteiger partial charge < -0.3 is 5.32 Å². The van der Waals surface area contributed by atoms with Gasteiger partial charge >= 0.3 is 0 Å². The zero-order valence-electron chi connectivity index (χ0n) is 11.1. The lowest BCUT2D eigenvalue weighted by Crippen LogP contribution is -2.23. The van der Waals surface area contributed by atoms with Crippen molar-refractivity contribution in [3.05, 3.63) is 71.0 Å². The summed E-state index contributed by atoms with van der Waals surface area (Å²) < 4.78 is 12.7. The van der Waals surface area contributed by atoms with Crippen LogP contribution in [0.15, 0.2) is 48.5 Å². The number of rotatable bonds is 2. The summed E-state index contributed by atoms with van der Waals surface area (Å²) in [6.45, 7) is 0.191. The number of carbonyl (C=O) groups excluding carboxylic acids is 1. The van der Waals surface area contributed by atoms with Gasteiger partial charge in [0.25, 0.3) is 5.91 Å². The Balaban J connectivity index is 1.90. The summed E-state index contributed by atoms with van der Waals surface area (Å²) >= 11 is 0. The number of hydrogen-bond donors (Lipinski definition) is 1. The first-order valence-electron chi connectivity index (χ1n) is 6.22. The molecule has 0 radical (unpaired) electrons. The van der Waals surface area contributed by atoms with Crippen LogP contribution in [0.5, 0.6) is 0 Å². The zero-order valence-corrected chi connectivity index (χ0v) is 11.1. The number of nitrogens with one attached hydrogen (secondary N) is 1. The van der Waals surface area contributed by atoms with Crippen molar-refractivity contribution < 1.29 is 9.18 Å². The molecule has 21 heavy (non-hydrogen) atoms. The van der Waals surface area contributed by atoms with Crippen molar-refractivity contribution in [1.82, 2.24) is 5.32 Å². The fraction of sp³-hybridized carbons (Fsp3) is 0.0588. The van der Waals surface area contributed by atoms with E-state index in [-0.39, 0.29) is 18.3 Å². The molecule has 0 heterocycles. The summed E-state index contributed by atoms with van der Waals surface area (Å²) in [6.07, 6.45) is 0. The minimum absolute atomic E-state index is 0.191. The highest BCUT2D eigenvalue weighted by Gasteiger charge is 2.03. The fourth-order valence-corrected chi connectivity index (χ4v) is 1.60. The molecule has 3 nitrogen and oxygen atoms in total. The number of hydrogen-bond acceptors (Lipinski definition) is 2. The number of halogens is 1. The molecule has 0 spiro atoms. The second kappa shape index (κ2) is 6.88. The maximum absolute atomic E-state index is 12.7. The van der Waals surface area contributed by atoms with Crippen molar-refractivity contribution in [2.75, 3.05) is 6.54 Å². The molecular weight excluding hydrogens is 267 g/mol. The van der Waals surface area contributed by atoms with Gasteiger partial charge in [-0.3, -0.25) is 4.79 Å². The molecule has 0 bridgehead atoms. The van der Waals surface area contributed by atoms with Gasteiger partial charge in [-0.15, -0.1) is 0 Å². The van der Waals surface area contributed by atoms with Crippen molar-refractivity contribution in [2.45, 2.75) is 0 Å². The molecule has 102 valence electrons. The van der Waals surface area contributed by atoms with E-state index in [4.69, 9.17) is 5.26 Å². The largest absolute Gasteiger partial charge is 0.341 e. The Morgan fingerprint density at radius 2 is 1.67 bits per heavy atom. The highest BCUT2D eigenvalue weighted by Crippen LogP contribution is 2.03. The van der Waals surface area contributed by atoms with Gasteiger partial charge in [0.15, 0.2) is 0 Å². The Hall–Kier alpha value is -3.11. The van der Waals surface area contributed by atoms with Crippen molar-refractivity contribution in [2.24, 2.45) is 0 Å². The Kier molecular flexibility index (Phi) is 4.69. The summed E-state index contributed by atoms with van der Waals surface area (Å²) in [5.41, 5.74) is 1.66. The molecule has 0 atom stereocenters. The van der Waals surface area contributed by atoms with Gasteiger partial charge in [0.05, 0.1) is 18.2 Å². The maximum atomic E-state index is 12.7. The first kappa shape index (κ1) is 14.3. The zero-order chi connectivity index (χ0) is 15.1. The van der Waals surface area contributed by atoms with Crippen LogP contribution in [0.25, 0.3) is 0 Å². The molecule has 2 aromatic carbocycles. The van der Waals surface area contributed by atoms with E-state index >= 15 is 0 Å². The molecule has 2 aromatic rings. The van der Waals surface area contributed by atoms with Crippen LogP contribution in [-0.4, -0.2) is 12.5 Å². The standard InChI is InChI=1S/C17H11FN2O/c18-16-9-5-13(6-10-16)2-1-11-20-17(21)15-7-3-14(12-19)4-8-15/h3-10H,11H2,(H,20,21). The van der Waals surface area contributed by atoms with E-state index in [9.17, 15) is 9.18 Å². The van der Waals surface area contributed by atoms with Crippen molar-refractivity contribution in [3.63, 3.8) is 0 Å². The molecule has 0 aromatic heterocycles. The topological polar surface area (TPSA) is 52.9 Å². The summed E-state index contributed by atoms with van der Waals surface area (Å²) in [6, 6.07) is 14.1. The van der Waals surface area contributed by atoms with Gasteiger partial charge in [-0.25, -0.2) is 4.39 Å². The van der Waals surface area contributed by atoms with Gasteiger partial charge in [-0.2, -0.15) is 5.26 Å². The average molecular weight is 278 g/mol. The van der Waals surface area contributed by atoms with Gasteiger partial charge in [-0.1, -0.05) is 11.8 Å². The van der Waals surface area contributed by atoms with Crippen LogP contribution in [0.2, 0.25) is 0 Å². The molecule has 0 saturated carbocycles. The molecular formula is C17H11FN2O. The van der Waals surface area contributed by atoms with Gasteiger partial charge in [0, 0.05) is 11.1 Å². The molecule has 1 N–H and O–H groups in total. The number of benzene rings is 2. The summed E-state index contributed by atoms with van der Waals surface area (Å²) in [4.78, 5) is 11.8. The molecule has 0 aliphatic rings. The first-order chi connectivity index (χ1) is 10.2. The first-order valence-corrected chi connectivity index (χ1v) is 6.22. The summed E-state index contributed by atoms with van der Waals surface area (Å²) in [5.74, 6) is 5.04. The number of carbonyl (C=O) groups is 1. The SMILES string of the molecule is N#Cc1ccc(C(=O)NCC#Cc2ccc(F)cc2)cc1. The van der Waals surface area contributed by atoms with E-state index in [1.165, 1.54) is 12.1 Å². The van der Waals surface area contributed by atoms with Crippen molar-refractivity contribution in [1.29, 1.82) is 5.26 Å². The molecule has 2 rings (SSSR count). The van der Waals surface area contributed by atoms with E-state index in [0.29, 0.717) is 16.7 Å². The van der Waals surface area contributed by atoms with Crippen LogP contribution in [-0.2, 0) is 0 Å². The Morgan fingerprint density at radius 1 is 1.05 bits per heavy atom. The van der Waals surface area contributed by atoms with Crippen molar-refractivity contribution >= 4 is 5.91 Å². The third-order valence-electron chi connectivity index (χ3n) is 2.69. The van der Waals surface area contributed by atoms with E-state index in [2.05, 4.69) is 17.2 Å². The summed E-state index contributed by atoms with van der Waals surface area (Å²) in [7, 11) is 0. The lowest BCUT2D eigenvalue weighted by atomic mass is 10.1. The second-order valence-corrected chi connectivity index (χ2v) is 4.18. The Morgan fingerprint density at radius 3 is 2.29 bits per heavy atom. The van der Waals surface area contributed by atoms with Gasteiger partial charge in [0.1, 0.15) is 5.82 Å². The average Bonchev–Trinajstić information content (AvgIpc) is 2.53. The van der Waals surface area contributed by atoms with Crippen LogP contribution >= 0.6 is 0 Å². The molecule has 0 saturated heterocycles. The fourth-order valence-electron chi connectivity index (χ4n) is 1.60. The monoisotopic (exact) mass is 278 g/mol. The Bertz CT molecular complexity index is 732. The van der Waals surface area contributed by atoms with Crippen LogP contribution in [0.4, 0.5) is 4.39 Å². The van der Waals surface area contributed by atoms with E-state index < -0.39 is 0 Å². The minimum atomic E-state index is -0.310. The normalized spacial score (nSPS) is 9.14. The van der Waals surface area contributed by atoms with Gasteiger partial charge in [0.2, 0.25) is 0 Å². The lowest BCUT2D eigenvalue weighted by molar-refractivity contribution is 0.0958. The van der Waals surface area contributed by atoms with Gasteiger partial charge in [-0.05, 0) is 48.5 Å². The number of amides is 1. The minimum Gasteiger partial charge on any atom is -0.341 e. The lowest BCUT2D eigenvalue weighted by Gasteiger charge is -2.00. The van der Waals surface area contributed by atoms with Crippen LogP contribution in [0, 0.1) is 29.0 Å². The maximum Gasteiger partial charge on any atom is 0.252 e. The quantitative estimate of drug-likeness (QED) is 0.858. The number of nitriles is 1. The smallest absolute Gasteiger partial charge is 0.252 e. The molecule has 4 heteroatoms. The summed E-state index contributed by atoms with van der Waals surface area (Å²) in [5, 5.41) is 11.3. The van der Waals surface area contributed by atoms with E-state index in [1.807, 2.05) is 6.07 Å².